The number of hydrogen-bond donors (Lipinski definition) is 1. The molecule has 4 nitrogen and oxygen atoms in total. The van der Waals surface area contributed by atoms with Gasteiger partial charge in [-0.2, -0.15) is 0 Å². The molecule has 1 aromatic rings. The topological polar surface area (TPSA) is 69.4 Å². The average molecular weight is 336 g/mol. The smallest absolute Gasteiger partial charge is 0.209 e. The summed E-state index contributed by atoms with van der Waals surface area (Å²) in [6, 6.07) is 7.63. The molecule has 0 fully saturated rings. The van der Waals surface area contributed by atoms with Crippen molar-refractivity contribution in [1.82, 2.24) is 0 Å². The van der Waals surface area contributed by atoms with Gasteiger partial charge in [0.1, 0.15) is 5.75 Å². The van der Waals surface area contributed by atoms with Crippen molar-refractivity contribution in [2.45, 2.75) is 19.8 Å². The molecule has 1 unspecified atom stereocenters. The molecule has 0 aromatic heterocycles. The van der Waals surface area contributed by atoms with Crippen molar-refractivity contribution in [3.05, 3.63) is 28.7 Å². The Morgan fingerprint density at radius 2 is 2.11 bits per heavy atom. The molecule has 1 aromatic carbocycles. The van der Waals surface area contributed by atoms with Crippen LogP contribution in [0.2, 0.25) is 0 Å². The van der Waals surface area contributed by atoms with Crippen LogP contribution in [0.5, 0.6) is 5.75 Å². The molecule has 1 atom stereocenters. The fraction of sp³-hybridized carbons (Fsp3) is 0.500. The van der Waals surface area contributed by atoms with E-state index in [0.29, 0.717) is 13.0 Å². The number of rotatable bonds is 7. The van der Waals surface area contributed by atoms with E-state index in [9.17, 15) is 8.42 Å². The normalized spacial score (nSPS) is 13.3. The van der Waals surface area contributed by atoms with Crippen LogP contribution in [-0.2, 0) is 10.0 Å². The van der Waals surface area contributed by atoms with Gasteiger partial charge in [0.2, 0.25) is 10.0 Å². The summed E-state index contributed by atoms with van der Waals surface area (Å²) in [5, 5.41) is 4.96. The number of ether oxygens (including phenoxy) is 1. The largest absolute Gasteiger partial charge is 0.494 e. The number of primary sulfonamides is 1. The lowest BCUT2D eigenvalue weighted by Crippen LogP contribution is -2.18. The molecule has 0 saturated heterocycles. The van der Waals surface area contributed by atoms with Crippen molar-refractivity contribution >= 4 is 26.0 Å². The fourth-order valence-corrected chi connectivity index (χ4v) is 2.55. The Labute approximate surface area is 117 Å². The number of hydrogen-bond acceptors (Lipinski definition) is 3. The lowest BCUT2D eigenvalue weighted by molar-refractivity contribution is 0.281. The third-order valence-electron chi connectivity index (χ3n) is 2.57. The molecular weight excluding hydrogens is 318 g/mol. The highest BCUT2D eigenvalue weighted by Crippen LogP contribution is 2.18. The Morgan fingerprint density at radius 1 is 1.39 bits per heavy atom. The standard InChI is InChI=1S/C12H18BrNO3S/c1-10(6-8-18(14,15)16)5-7-17-12-4-2-3-11(13)9-12/h2-4,9-10H,5-8H2,1H3,(H2,14,15,16). The fourth-order valence-electron chi connectivity index (χ4n) is 1.44. The minimum absolute atomic E-state index is 0.0328. The van der Waals surface area contributed by atoms with Crippen LogP contribution >= 0.6 is 15.9 Å². The van der Waals surface area contributed by atoms with E-state index >= 15 is 0 Å². The minimum atomic E-state index is -3.35. The average Bonchev–Trinajstić information content (AvgIpc) is 2.25. The number of benzene rings is 1. The van der Waals surface area contributed by atoms with E-state index in [1.54, 1.807) is 0 Å². The highest BCUT2D eigenvalue weighted by Gasteiger charge is 2.08. The lowest BCUT2D eigenvalue weighted by atomic mass is 10.1. The second-order valence-corrected chi connectivity index (χ2v) is 7.00. The molecule has 0 aliphatic rings. The zero-order chi connectivity index (χ0) is 13.6. The Hall–Kier alpha value is -0.590. The molecule has 102 valence electrons. The Morgan fingerprint density at radius 3 is 2.72 bits per heavy atom. The second-order valence-electron chi connectivity index (χ2n) is 4.36. The van der Waals surface area contributed by atoms with Crippen LogP contribution in [0.25, 0.3) is 0 Å². The third-order valence-corrected chi connectivity index (χ3v) is 3.87. The van der Waals surface area contributed by atoms with Crippen molar-refractivity contribution in [1.29, 1.82) is 0 Å². The van der Waals surface area contributed by atoms with E-state index in [0.717, 1.165) is 16.6 Å². The predicted octanol–water partition coefficient (Wildman–Crippen LogP) is 2.53. The molecule has 0 heterocycles. The molecule has 0 bridgehead atoms. The second kappa shape index (κ2) is 7.11. The van der Waals surface area contributed by atoms with E-state index in [2.05, 4.69) is 15.9 Å². The van der Waals surface area contributed by atoms with Gasteiger partial charge in [0.15, 0.2) is 0 Å². The molecule has 0 radical (unpaired) electrons. The van der Waals surface area contributed by atoms with Crippen LogP contribution in [0.15, 0.2) is 28.7 Å². The maximum absolute atomic E-state index is 10.8. The van der Waals surface area contributed by atoms with Crippen LogP contribution in [-0.4, -0.2) is 20.8 Å². The number of halogens is 1. The quantitative estimate of drug-likeness (QED) is 0.832. The molecule has 0 spiro atoms. The molecule has 18 heavy (non-hydrogen) atoms. The molecule has 0 aliphatic heterocycles. The molecule has 0 amide bonds. The maximum atomic E-state index is 10.8. The van der Waals surface area contributed by atoms with Crippen molar-refractivity contribution in [2.75, 3.05) is 12.4 Å². The Bertz CT molecular complexity index is 476. The van der Waals surface area contributed by atoms with Gasteiger partial charge < -0.3 is 4.74 Å². The number of nitrogens with two attached hydrogens (primary N) is 1. The molecule has 1 rings (SSSR count). The van der Waals surface area contributed by atoms with E-state index < -0.39 is 10.0 Å². The van der Waals surface area contributed by atoms with Gasteiger partial charge in [0.25, 0.3) is 0 Å². The van der Waals surface area contributed by atoms with Crippen LogP contribution in [0.3, 0.4) is 0 Å². The van der Waals surface area contributed by atoms with Crippen molar-refractivity contribution in [2.24, 2.45) is 11.1 Å². The van der Waals surface area contributed by atoms with Gasteiger partial charge in [-0.1, -0.05) is 28.9 Å². The van der Waals surface area contributed by atoms with E-state index in [4.69, 9.17) is 9.88 Å². The summed E-state index contributed by atoms with van der Waals surface area (Å²) in [7, 11) is -3.35. The van der Waals surface area contributed by atoms with E-state index in [1.165, 1.54) is 0 Å². The first-order valence-corrected chi connectivity index (χ1v) is 8.26. The zero-order valence-corrected chi connectivity index (χ0v) is 12.7. The first kappa shape index (κ1) is 15.5. The van der Waals surface area contributed by atoms with E-state index in [-0.39, 0.29) is 11.7 Å². The lowest BCUT2D eigenvalue weighted by Gasteiger charge is -2.11. The molecular formula is C12H18BrNO3S. The summed E-state index contributed by atoms with van der Waals surface area (Å²) in [5.74, 6) is 1.11. The molecule has 0 aliphatic carbocycles. The van der Waals surface area contributed by atoms with Gasteiger partial charge in [0, 0.05) is 4.47 Å². The van der Waals surface area contributed by atoms with Crippen LogP contribution in [0, 0.1) is 5.92 Å². The van der Waals surface area contributed by atoms with Crippen molar-refractivity contribution in [3.8, 4) is 5.75 Å². The van der Waals surface area contributed by atoms with Gasteiger partial charge in [-0.25, -0.2) is 13.6 Å². The van der Waals surface area contributed by atoms with Gasteiger partial charge in [-0.3, -0.25) is 0 Å². The third kappa shape index (κ3) is 6.98. The minimum Gasteiger partial charge on any atom is -0.494 e. The van der Waals surface area contributed by atoms with Crippen molar-refractivity contribution in [3.63, 3.8) is 0 Å². The summed E-state index contributed by atoms with van der Waals surface area (Å²) >= 11 is 3.37. The van der Waals surface area contributed by atoms with Crippen LogP contribution in [0.1, 0.15) is 19.8 Å². The molecule has 0 saturated carbocycles. The van der Waals surface area contributed by atoms with Gasteiger partial charge in [0.05, 0.1) is 12.4 Å². The summed E-state index contributed by atoms with van der Waals surface area (Å²) in [4.78, 5) is 0. The van der Waals surface area contributed by atoms with Gasteiger partial charge in [-0.05, 0) is 37.0 Å². The summed E-state index contributed by atoms with van der Waals surface area (Å²) in [6.45, 7) is 2.57. The van der Waals surface area contributed by atoms with Gasteiger partial charge >= 0.3 is 0 Å². The monoisotopic (exact) mass is 335 g/mol. The predicted molar refractivity (Wildman–Crippen MR) is 76.0 cm³/mol. The highest BCUT2D eigenvalue weighted by atomic mass is 79.9. The summed E-state index contributed by atoms with van der Waals surface area (Å²) in [6.07, 6.45) is 1.38. The molecule has 6 heteroatoms. The SMILES string of the molecule is CC(CCOc1cccc(Br)c1)CCS(N)(=O)=O. The maximum Gasteiger partial charge on any atom is 0.209 e. The highest BCUT2D eigenvalue weighted by molar-refractivity contribution is 9.10. The van der Waals surface area contributed by atoms with Crippen LogP contribution < -0.4 is 9.88 Å². The number of sulfonamides is 1. The Kier molecular flexibility index (Phi) is 6.11. The van der Waals surface area contributed by atoms with Gasteiger partial charge in [-0.15, -0.1) is 0 Å². The first-order valence-electron chi connectivity index (χ1n) is 5.75. The van der Waals surface area contributed by atoms with Crippen LogP contribution in [0.4, 0.5) is 0 Å². The Balaban J connectivity index is 2.25. The molecule has 2 N–H and O–H groups in total. The zero-order valence-electron chi connectivity index (χ0n) is 10.3. The first-order chi connectivity index (χ1) is 8.37. The summed E-state index contributed by atoms with van der Waals surface area (Å²) < 4.78 is 28.2. The summed E-state index contributed by atoms with van der Waals surface area (Å²) in [5.41, 5.74) is 0. The van der Waals surface area contributed by atoms with E-state index in [1.807, 2.05) is 31.2 Å². The van der Waals surface area contributed by atoms with Crippen molar-refractivity contribution < 1.29 is 13.2 Å².